The van der Waals surface area contributed by atoms with E-state index < -0.39 is 23.3 Å². The predicted molar refractivity (Wildman–Crippen MR) is 185 cm³/mol. The summed E-state index contributed by atoms with van der Waals surface area (Å²) in [6.07, 6.45) is 2.77. The van der Waals surface area contributed by atoms with E-state index in [4.69, 9.17) is 30.5 Å². The molecule has 8 heteroatoms. The van der Waals surface area contributed by atoms with Gasteiger partial charge in [-0.25, -0.2) is 9.59 Å². The third-order valence-electron chi connectivity index (χ3n) is 9.64. The molecule has 244 valence electrons. The van der Waals surface area contributed by atoms with E-state index in [9.17, 15) is 9.59 Å². The number of hydrogen-bond acceptors (Lipinski definition) is 7. The van der Waals surface area contributed by atoms with Crippen LogP contribution in [0.3, 0.4) is 0 Å². The second-order valence-electron chi connectivity index (χ2n) is 11.9. The molecule has 0 radical (unpaired) electrons. The molecule has 0 amide bonds. The van der Waals surface area contributed by atoms with E-state index in [1.54, 1.807) is 28.1 Å². The van der Waals surface area contributed by atoms with Gasteiger partial charge in [-0.1, -0.05) is 78.3 Å². The molecule has 1 aliphatic carbocycles. The summed E-state index contributed by atoms with van der Waals surface area (Å²) in [5.41, 5.74) is 6.60. The first-order valence-electron chi connectivity index (χ1n) is 16.2. The number of allylic oxidation sites excluding steroid dienone is 1. The minimum absolute atomic E-state index is 0.129. The van der Waals surface area contributed by atoms with Crippen LogP contribution in [0, 0.1) is 0 Å². The van der Waals surface area contributed by atoms with Crippen LogP contribution in [0.1, 0.15) is 47.6 Å². The van der Waals surface area contributed by atoms with E-state index in [0.717, 1.165) is 44.6 Å². The van der Waals surface area contributed by atoms with Crippen LogP contribution in [0.4, 0.5) is 0 Å². The van der Waals surface area contributed by atoms with Gasteiger partial charge in [0.05, 0.1) is 38.4 Å². The van der Waals surface area contributed by atoms with E-state index >= 15 is 0 Å². The van der Waals surface area contributed by atoms with Crippen molar-refractivity contribution in [1.29, 1.82) is 0 Å². The Bertz CT molecular complexity index is 1950. The second kappa shape index (κ2) is 12.5. The third-order valence-corrected chi connectivity index (χ3v) is 9.90. The third kappa shape index (κ3) is 4.71. The Morgan fingerprint density at radius 3 is 1.98 bits per heavy atom. The van der Waals surface area contributed by atoms with E-state index in [-0.39, 0.29) is 24.5 Å². The van der Waals surface area contributed by atoms with Gasteiger partial charge in [-0.05, 0) is 77.9 Å². The first-order chi connectivity index (χ1) is 23.4. The summed E-state index contributed by atoms with van der Waals surface area (Å²) in [5.74, 6) is -0.476. The minimum atomic E-state index is -1.18. The summed E-state index contributed by atoms with van der Waals surface area (Å²) >= 11 is 6.46. The Labute approximate surface area is 285 Å². The summed E-state index contributed by atoms with van der Waals surface area (Å²) in [6, 6.07) is 27.9. The molecule has 7 rings (SSSR count). The summed E-state index contributed by atoms with van der Waals surface area (Å²) in [6.45, 7) is 4.22. The smallest absolute Gasteiger partial charge is 0.355 e. The number of carbonyl (C=O) groups is 2. The summed E-state index contributed by atoms with van der Waals surface area (Å²) in [4.78, 5) is 31.2. The average Bonchev–Trinajstić information content (AvgIpc) is 3.31. The SMILES string of the molecule is CCOC(=O)C1=C(C(=O)OCC)C2(c3ccccc3-c3ccccc32)[C@@H](c2ccc(Cl)cc2)C=C2c3cc(OC)c(OC)cc3CCN21. The number of nitrogens with zero attached hydrogens (tertiary/aromatic N) is 1. The van der Waals surface area contributed by atoms with Crippen molar-refractivity contribution in [2.75, 3.05) is 34.0 Å². The van der Waals surface area contributed by atoms with Gasteiger partial charge in [0.25, 0.3) is 0 Å². The highest BCUT2D eigenvalue weighted by Gasteiger charge is 2.58. The summed E-state index contributed by atoms with van der Waals surface area (Å²) < 4.78 is 23.2. The van der Waals surface area contributed by atoms with Crippen LogP contribution in [0.25, 0.3) is 16.8 Å². The Morgan fingerprint density at radius 2 is 1.38 bits per heavy atom. The maximum atomic E-state index is 14.8. The Kier molecular flexibility index (Phi) is 8.25. The molecule has 0 bridgehead atoms. The quantitative estimate of drug-likeness (QED) is 0.188. The van der Waals surface area contributed by atoms with Gasteiger partial charge in [-0.15, -0.1) is 0 Å². The minimum Gasteiger partial charge on any atom is -0.493 e. The normalized spacial score (nSPS) is 17.0. The van der Waals surface area contributed by atoms with Gasteiger partial charge in [0.1, 0.15) is 5.70 Å². The van der Waals surface area contributed by atoms with Crippen LogP contribution in [0.2, 0.25) is 5.02 Å². The van der Waals surface area contributed by atoms with Gasteiger partial charge in [0.15, 0.2) is 11.5 Å². The molecule has 0 N–H and O–H groups in total. The van der Waals surface area contributed by atoms with Crippen molar-refractivity contribution in [2.24, 2.45) is 0 Å². The molecular formula is C40H36ClNO6. The van der Waals surface area contributed by atoms with Crippen LogP contribution < -0.4 is 9.47 Å². The maximum Gasteiger partial charge on any atom is 0.355 e. The molecule has 48 heavy (non-hydrogen) atoms. The van der Waals surface area contributed by atoms with Gasteiger partial charge in [0, 0.05) is 28.7 Å². The summed E-state index contributed by atoms with van der Waals surface area (Å²) in [7, 11) is 3.22. The van der Waals surface area contributed by atoms with Crippen molar-refractivity contribution in [2.45, 2.75) is 31.6 Å². The molecule has 2 heterocycles. The van der Waals surface area contributed by atoms with Crippen LogP contribution >= 0.6 is 11.6 Å². The molecule has 0 unspecified atom stereocenters. The van der Waals surface area contributed by atoms with E-state index in [0.29, 0.717) is 29.5 Å². The number of halogens is 1. The number of methoxy groups -OCH3 is 2. The lowest BCUT2D eigenvalue weighted by molar-refractivity contribution is -0.143. The van der Waals surface area contributed by atoms with Crippen molar-refractivity contribution in [1.82, 2.24) is 4.90 Å². The van der Waals surface area contributed by atoms with Gasteiger partial charge in [0.2, 0.25) is 0 Å². The Hall–Kier alpha value is -5.01. The Morgan fingerprint density at radius 1 is 0.792 bits per heavy atom. The molecule has 0 saturated carbocycles. The monoisotopic (exact) mass is 661 g/mol. The zero-order valence-electron chi connectivity index (χ0n) is 27.3. The number of ether oxygens (including phenoxy) is 4. The molecule has 0 aromatic heterocycles. The van der Waals surface area contributed by atoms with Crippen molar-refractivity contribution in [3.05, 3.63) is 135 Å². The number of esters is 2. The standard InChI is InChI=1S/C40H36ClNO6/c1-5-47-38(43)36-37(39(44)48-6-2)42-20-19-25-21-34(45-3)35(46-4)22-29(25)33(42)23-32(24-15-17-26(41)18-16-24)40(36)30-13-9-7-11-27(30)28-12-8-10-14-31(28)40/h7-18,21-23,32H,5-6,19-20H2,1-4H3/t32-/m1/s1. The van der Waals surface area contributed by atoms with Crippen molar-refractivity contribution in [3.8, 4) is 22.6 Å². The number of benzene rings is 4. The highest BCUT2D eigenvalue weighted by atomic mass is 35.5. The molecule has 4 aromatic carbocycles. The number of carbonyl (C=O) groups excluding carboxylic acids is 2. The van der Waals surface area contributed by atoms with Crippen molar-refractivity contribution < 1.29 is 28.5 Å². The lowest BCUT2D eigenvalue weighted by Crippen LogP contribution is -2.42. The fraction of sp³-hybridized carbons (Fsp3) is 0.250. The van der Waals surface area contributed by atoms with Gasteiger partial charge in [-0.2, -0.15) is 0 Å². The first kappa shape index (κ1) is 31.6. The zero-order chi connectivity index (χ0) is 33.6. The molecule has 0 saturated heterocycles. The molecule has 0 fully saturated rings. The molecule has 2 aliphatic heterocycles. The van der Waals surface area contributed by atoms with E-state index in [1.807, 2.05) is 65.6 Å². The average molecular weight is 662 g/mol. The van der Waals surface area contributed by atoms with Crippen molar-refractivity contribution in [3.63, 3.8) is 0 Å². The van der Waals surface area contributed by atoms with E-state index in [1.165, 1.54) is 0 Å². The van der Waals surface area contributed by atoms with Gasteiger partial charge >= 0.3 is 11.9 Å². The van der Waals surface area contributed by atoms with Crippen LogP contribution in [-0.2, 0) is 30.9 Å². The maximum absolute atomic E-state index is 14.8. The number of hydrogen-bond donors (Lipinski definition) is 0. The molecule has 4 aromatic rings. The molecule has 7 nitrogen and oxygen atoms in total. The van der Waals surface area contributed by atoms with Crippen LogP contribution in [0.5, 0.6) is 11.5 Å². The van der Waals surface area contributed by atoms with E-state index in [2.05, 4.69) is 30.3 Å². The van der Waals surface area contributed by atoms with Crippen molar-refractivity contribution >= 4 is 29.2 Å². The fourth-order valence-corrected chi connectivity index (χ4v) is 7.92. The Balaban J connectivity index is 1.69. The first-order valence-corrected chi connectivity index (χ1v) is 16.5. The predicted octanol–water partition coefficient (Wildman–Crippen LogP) is 7.70. The van der Waals surface area contributed by atoms with Gasteiger partial charge in [-0.3, -0.25) is 0 Å². The highest BCUT2D eigenvalue weighted by molar-refractivity contribution is 6.30. The lowest BCUT2D eigenvalue weighted by Gasteiger charge is -2.40. The second-order valence-corrected chi connectivity index (χ2v) is 12.3. The lowest BCUT2D eigenvalue weighted by atomic mass is 9.61. The topological polar surface area (TPSA) is 74.3 Å². The fourth-order valence-electron chi connectivity index (χ4n) is 7.80. The zero-order valence-corrected chi connectivity index (χ0v) is 28.1. The highest BCUT2D eigenvalue weighted by Crippen LogP contribution is 2.62. The number of rotatable bonds is 7. The van der Waals surface area contributed by atoms with Gasteiger partial charge < -0.3 is 23.8 Å². The van der Waals surface area contributed by atoms with Crippen LogP contribution in [0.15, 0.2) is 102 Å². The molecular weight excluding hydrogens is 626 g/mol. The van der Waals surface area contributed by atoms with Crippen LogP contribution in [-0.4, -0.2) is 50.8 Å². The molecule has 1 atom stereocenters. The summed E-state index contributed by atoms with van der Waals surface area (Å²) in [5, 5.41) is 0.594. The molecule has 1 spiro atoms. The largest absolute Gasteiger partial charge is 0.493 e. The molecule has 3 aliphatic rings. The number of fused-ring (bicyclic) bond motifs is 8.